The van der Waals surface area contributed by atoms with Crippen LogP contribution in [0, 0.1) is 34.5 Å². The maximum Gasteiger partial charge on any atom is 0.224 e. The molecule has 1 heterocycles. The van der Waals surface area contributed by atoms with Crippen molar-refractivity contribution in [2.75, 3.05) is 0 Å². The molecular weight excluding hydrogens is 354 g/mol. The van der Waals surface area contributed by atoms with E-state index in [1.807, 2.05) is 6.08 Å². The molecule has 0 bridgehead atoms. The van der Waals surface area contributed by atoms with Crippen LogP contribution in [0.3, 0.4) is 0 Å². The summed E-state index contributed by atoms with van der Waals surface area (Å²) in [5.74, 6) is 2.45. The van der Waals surface area contributed by atoms with Gasteiger partial charge >= 0.3 is 0 Å². The Hall–Kier alpha value is -0.770. The van der Waals surface area contributed by atoms with Gasteiger partial charge < -0.3 is 5.32 Å². The van der Waals surface area contributed by atoms with E-state index in [1.54, 1.807) is 11.8 Å². The summed E-state index contributed by atoms with van der Waals surface area (Å²) in [6.45, 7) is 11.0. The van der Waals surface area contributed by atoms with Crippen molar-refractivity contribution in [2.24, 2.45) is 34.5 Å². The van der Waals surface area contributed by atoms with Crippen LogP contribution in [0.15, 0.2) is 12.2 Å². The van der Waals surface area contributed by atoms with Crippen molar-refractivity contribution in [3.63, 3.8) is 0 Å². The normalized spacial score (nSPS) is 46.4. The third kappa shape index (κ3) is 3.10. The molecule has 0 saturated heterocycles. The first-order valence-electron chi connectivity index (χ1n) is 10.8. The predicted octanol–water partition coefficient (Wildman–Crippen LogP) is 4.96. The number of thioether (sulfide) groups is 1. The number of amides is 1. The molecule has 0 aromatic heterocycles. The molecule has 3 aliphatic carbocycles. The lowest BCUT2D eigenvalue weighted by Gasteiger charge is -2.58. The van der Waals surface area contributed by atoms with Crippen LogP contribution in [0.25, 0.3) is 0 Å². The molecule has 4 rings (SSSR count). The minimum absolute atomic E-state index is 0.140. The van der Waals surface area contributed by atoms with Crippen LogP contribution in [-0.2, 0) is 9.59 Å². The van der Waals surface area contributed by atoms with Crippen LogP contribution < -0.4 is 5.32 Å². The topological polar surface area (TPSA) is 46.2 Å². The highest BCUT2D eigenvalue weighted by molar-refractivity contribution is 8.14. The molecule has 3 nitrogen and oxygen atoms in total. The summed E-state index contributed by atoms with van der Waals surface area (Å²) in [5.41, 5.74) is 0.126. The van der Waals surface area contributed by atoms with Crippen LogP contribution in [0.5, 0.6) is 0 Å². The first kappa shape index (κ1) is 19.5. The van der Waals surface area contributed by atoms with Gasteiger partial charge in [0.1, 0.15) is 0 Å². The van der Waals surface area contributed by atoms with Crippen molar-refractivity contribution in [3.05, 3.63) is 12.2 Å². The second-order valence-corrected chi connectivity index (χ2v) is 12.2. The Labute approximate surface area is 168 Å². The van der Waals surface area contributed by atoms with Gasteiger partial charge in [-0.1, -0.05) is 31.7 Å². The Morgan fingerprint density at radius 3 is 2.56 bits per heavy atom. The fourth-order valence-electron chi connectivity index (χ4n) is 7.09. The van der Waals surface area contributed by atoms with Gasteiger partial charge in [-0.05, 0) is 88.5 Å². The molecule has 27 heavy (non-hydrogen) atoms. The average Bonchev–Trinajstić information content (AvgIpc) is 2.91. The maximum absolute atomic E-state index is 13.0. The van der Waals surface area contributed by atoms with E-state index < -0.39 is 0 Å². The molecular formula is C23H35NO2S. The van der Waals surface area contributed by atoms with Gasteiger partial charge in [0.05, 0.1) is 0 Å². The molecule has 2 unspecified atom stereocenters. The second-order valence-electron chi connectivity index (χ2n) is 11.0. The first-order valence-corrected chi connectivity index (χ1v) is 11.6. The highest BCUT2D eigenvalue weighted by atomic mass is 32.2. The second kappa shape index (κ2) is 6.37. The van der Waals surface area contributed by atoms with E-state index in [1.165, 1.54) is 19.3 Å². The quantitative estimate of drug-likeness (QED) is 0.689. The minimum Gasteiger partial charge on any atom is -0.351 e. The monoisotopic (exact) mass is 389 g/mol. The summed E-state index contributed by atoms with van der Waals surface area (Å²) in [6.07, 6.45) is 11.0. The molecule has 0 radical (unpaired) electrons. The van der Waals surface area contributed by atoms with Crippen molar-refractivity contribution < 1.29 is 9.59 Å². The number of carbonyl (C=O) groups excluding carboxylic acids is 2. The molecule has 4 heteroatoms. The zero-order chi connectivity index (χ0) is 19.6. The third-order valence-corrected chi connectivity index (χ3v) is 9.74. The van der Waals surface area contributed by atoms with Crippen LogP contribution in [0.2, 0.25) is 0 Å². The average molecular weight is 390 g/mol. The number of nitrogens with one attached hydrogen (secondary N) is 1. The highest BCUT2D eigenvalue weighted by Crippen LogP contribution is 2.66. The Bertz CT molecular complexity index is 680. The van der Waals surface area contributed by atoms with Gasteiger partial charge in [-0.2, -0.15) is 0 Å². The smallest absolute Gasteiger partial charge is 0.224 e. The summed E-state index contributed by atoms with van der Waals surface area (Å²) in [5, 5.41) is 3.94. The summed E-state index contributed by atoms with van der Waals surface area (Å²) >= 11 is 1.57. The molecule has 1 amide bonds. The van der Waals surface area contributed by atoms with Gasteiger partial charge in [0.25, 0.3) is 0 Å². The summed E-state index contributed by atoms with van der Waals surface area (Å²) in [7, 11) is 0. The number of hydrogen-bond donors (Lipinski definition) is 1. The Morgan fingerprint density at radius 2 is 1.85 bits per heavy atom. The largest absolute Gasteiger partial charge is 0.351 e. The van der Waals surface area contributed by atoms with Gasteiger partial charge in [-0.25, -0.2) is 0 Å². The Morgan fingerprint density at radius 1 is 1.11 bits per heavy atom. The van der Waals surface area contributed by atoms with Crippen LogP contribution in [0.4, 0.5) is 0 Å². The summed E-state index contributed by atoms with van der Waals surface area (Å²) in [4.78, 5) is 25.0. The van der Waals surface area contributed by atoms with Gasteiger partial charge in [0.2, 0.25) is 11.0 Å². The number of carbonyl (C=O) groups is 2. The lowest BCUT2D eigenvalue weighted by molar-refractivity contribution is -0.133. The van der Waals surface area contributed by atoms with Crippen molar-refractivity contribution in [2.45, 2.75) is 83.9 Å². The zero-order valence-electron chi connectivity index (χ0n) is 17.5. The molecule has 0 aromatic rings. The van der Waals surface area contributed by atoms with Crippen molar-refractivity contribution in [3.8, 4) is 0 Å². The summed E-state index contributed by atoms with van der Waals surface area (Å²) < 4.78 is 0. The predicted molar refractivity (Wildman–Crippen MR) is 111 cm³/mol. The third-order valence-electron chi connectivity index (χ3n) is 8.34. The maximum atomic E-state index is 13.0. The molecule has 150 valence electrons. The van der Waals surface area contributed by atoms with Gasteiger partial charge in [-0.3, -0.25) is 9.59 Å². The molecule has 7 atom stereocenters. The number of fused-ring (bicyclic) bond motifs is 5. The standard InChI is InChI=1S/C23H35NO2S/c1-21(2,3)24-20(26)17-8-7-15-14-6-9-18-23(5,13-11-19(25)27-18)16(14)10-12-22(15,17)4/h11,13-18H,6-10,12H2,1-5H3,(H,24,26)/t14-,15-,16+,17?,18?,22-,23+/m0/s1. The lowest BCUT2D eigenvalue weighted by Crippen LogP contribution is -2.55. The molecule has 0 spiro atoms. The number of hydrogen-bond acceptors (Lipinski definition) is 3. The van der Waals surface area contributed by atoms with Gasteiger partial charge in [0, 0.05) is 22.1 Å². The van der Waals surface area contributed by atoms with E-state index >= 15 is 0 Å². The van der Waals surface area contributed by atoms with E-state index in [9.17, 15) is 9.59 Å². The van der Waals surface area contributed by atoms with Crippen LogP contribution in [-0.4, -0.2) is 21.8 Å². The lowest BCUT2D eigenvalue weighted by atomic mass is 9.49. The fourth-order valence-corrected chi connectivity index (χ4v) is 8.28. The van der Waals surface area contributed by atoms with E-state index in [2.05, 4.69) is 46.0 Å². The highest BCUT2D eigenvalue weighted by Gasteiger charge is 2.61. The van der Waals surface area contributed by atoms with Crippen molar-refractivity contribution in [1.29, 1.82) is 0 Å². The van der Waals surface area contributed by atoms with E-state index in [0.29, 0.717) is 23.0 Å². The SMILES string of the molecule is CC(C)(C)NC(=O)C1CC[C@H]2[C@@H]3CCC4SC(=O)C=C[C@]4(C)[C@@H]3CC[C@]12C. The van der Waals surface area contributed by atoms with Crippen molar-refractivity contribution >= 4 is 22.8 Å². The molecule has 1 N–H and O–H groups in total. The fraction of sp³-hybridized carbons (Fsp3) is 0.826. The number of allylic oxidation sites excluding steroid dienone is 1. The molecule has 0 aromatic carbocycles. The van der Waals surface area contributed by atoms with Crippen LogP contribution >= 0.6 is 11.8 Å². The van der Waals surface area contributed by atoms with Crippen LogP contribution in [0.1, 0.15) is 73.1 Å². The molecule has 1 aliphatic heterocycles. The van der Waals surface area contributed by atoms with E-state index in [-0.39, 0.29) is 33.3 Å². The molecule has 4 aliphatic rings. The van der Waals surface area contributed by atoms with E-state index in [4.69, 9.17) is 0 Å². The minimum atomic E-state index is -0.162. The Balaban J connectivity index is 1.58. The summed E-state index contributed by atoms with van der Waals surface area (Å²) in [6, 6.07) is 0. The van der Waals surface area contributed by atoms with Gasteiger partial charge in [-0.15, -0.1) is 0 Å². The first-order chi connectivity index (χ1) is 12.5. The zero-order valence-corrected chi connectivity index (χ0v) is 18.3. The van der Waals surface area contributed by atoms with Crippen molar-refractivity contribution in [1.82, 2.24) is 5.32 Å². The molecule has 3 saturated carbocycles. The molecule has 3 fully saturated rings. The Kier molecular flexibility index (Phi) is 4.61. The van der Waals surface area contributed by atoms with Gasteiger partial charge in [0.15, 0.2) is 0 Å². The van der Waals surface area contributed by atoms with E-state index in [0.717, 1.165) is 19.3 Å². The number of rotatable bonds is 1.